The van der Waals surface area contributed by atoms with Crippen molar-refractivity contribution < 1.29 is 27.1 Å². The Morgan fingerprint density at radius 3 is 2.36 bits per heavy atom. The molecule has 0 saturated carbocycles. The molecule has 0 spiro atoms. The van der Waals surface area contributed by atoms with Gasteiger partial charge < -0.3 is 9.47 Å². The molecule has 2 aromatic rings. The molecule has 0 aliphatic rings. The van der Waals surface area contributed by atoms with Crippen molar-refractivity contribution in [2.45, 2.75) is 20.5 Å². The van der Waals surface area contributed by atoms with Crippen LogP contribution in [-0.4, -0.2) is 28.0 Å². The molecule has 28 heavy (non-hydrogen) atoms. The Hall–Kier alpha value is -2.17. The lowest BCUT2D eigenvalue weighted by Gasteiger charge is -2.24. The molecule has 0 heterocycles. The first-order chi connectivity index (χ1) is 13.2. The lowest BCUT2D eigenvalue weighted by Crippen LogP contribution is -2.41. The van der Waals surface area contributed by atoms with Gasteiger partial charge in [0.25, 0.3) is 10.2 Å². The summed E-state index contributed by atoms with van der Waals surface area (Å²) in [5, 5.41) is 5.15. The van der Waals surface area contributed by atoms with E-state index in [1.54, 1.807) is 24.3 Å². The first kappa shape index (κ1) is 23.9. The van der Waals surface area contributed by atoms with Crippen molar-refractivity contribution in [1.82, 2.24) is 0 Å². The smallest absolute Gasteiger partial charge is 0.326 e. The van der Waals surface area contributed by atoms with E-state index >= 15 is 0 Å². The zero-order chi connectivity index (χ0) is 21.3. The number of nitrogens with two attached hydrogens (primary N) is 1. The number of halogens is 2. The van der Waals surface area contributed by atoms with Crippen LogP contribution in [0.15, 0.2) is 46.9 Å². The van der Waals surface area contributed by atoms with Gasteiger partial charge >= 0.3 is 5.97 Å². The summed E-state index contributed by atoms with van der Waals surface area (Å²) in [6, 6.07) is 11.4. The van der Waals surface area contributed by atoms with Gasteiger partial charge in [-0.1, -0.05) is 60.1 Å². The van der Waals surface area contributed by atoms with Gasteiger partial charge in [-0.05, 0) is 17.7 Å². The average molecular weight is 477 g/mol. The van der Waals surface area contributed by atoms with E-state index in [2.05, 4.69) is 20.7 Å². The minimum absolute atomic E-state index is 0.0560. The summed E-state index contributed by atoms with van der Waals surface area (Å²) in [4.78, 5) is 11.6. The maximum Gasteiger partial charge on any atom is 0.326 e. The first-order valence-electron chi connectivity index (χ1n) is 8.25. The van der Waals surface area contributed by atoms with E-state index in [9.17, 15) is 17.6 Å². The van der Waals surface area contributed by atoms with E-state index in [0.29, 0.717) is 8.78 Å². The second-order valence-electron chi connectivity index (χ2n) is 5.14. The van der Waals surface area contributed by atoms with Crippen LogP contribution in [0.2, 0.25) is 0 Å². The summed E-state index contributed by atoms with van der Waals surface area (Å²) in [5.74, 6) is -1.94. The van der Waals surface area contributed by atoms with Crippen LogP contribution in [0, 0.1) is 5.82 Å². The van der Waals surface area contributed by atoms with E-state index in [1.165, 1.54) is 6.07 Å². The van der Waals surface area contributed by atoms with Crippen LogP contribution >= 0.6 is 15.9 Å². The molecule has 10 heteroatoms. The van der Waals surface area contributed by atoms with Crippen LogP contribution < -0.4 is 14.2 Å². The number of carbonyl (C=O) groups is 1. The summed E-state index contributed by atoms with van der Waals surface area (Å²) in [5.41, 5.74) is 0.311. The van der Waals surface area contributed by atoms with Crippen molar-refractivity contribution in [3.05, 3.63) is 58.3 Å². The van der Waals surface area contributed by atoms with E-state index in [4.69, 9.17) is 9.88 Å². The first-order valence-corrected chi connectivity index (χ1v) is 10.5. The molecule has 0 aromatic heterocycles. The Labute approximate surface area is 172 Å². The Bertz CT molecular complexity index is 894. The van der Waals surface area contributed by atoms with E-state index < -0.39 is 34.2 Å². The maximum absolute atomic E-state index is 14.5. The predicted molar refractivity (Wildman–Crippen MR) is 109 cm³/mol. The fourth-order valence-electron chi connectivity index (χ4n) is 2.11. The molecule has 0 radical (unpaired) electrons. The minimum atomic E-state index is -4.47. The van der Waals surface area contributed by atoms with Gasteiger partial charge in [-0.25, -0.2) is 13.8 Å². The molecule has 0 aliphatic heterocycles. The molecule has 0 atom stereocenters. The van der Waals surface area contributed by atoms with E-state index in [-0.39, 0.29) is 12.4 Å². The van der Waals surface area contributed by atoms with Crippen LogP contribution in [-0.2, 0) is 26.3 Å². The van der Waals surface area contributed by atoms with Gasteiger partial charge in [0, 0.05) is 4.47 Å². The molecular weight excluding hydrogens is 455 g/mol. The number of ether oxygens (including phenoxy) is 2. The standard InChI is InChI=1S/C16H16BrFN2O5S.C2H6/c1-24-15(21)9-20(26(19,22)23)16-13(18)7-12(17)8-14(16)25-10-11-5-3-2-4-6-11;1-2/h2-8H,9-10H2,1H3,(H2,19,22,23);1-2H3. The SMILES string of the molecule is CC.COC(=O)CN(c1c(F)cc(Br)cc1OCc1ccccc1)S(N)(=O)=O. The van der Waals surface area contributed by atoms with Gasteiger partial charge in [0.05, 0.1) is 7.11 Å². The second-order valence-corrected chi connectivity index (χ2v) is 7.52. The molecule has 2 N–H and O–H groups in total. The summed E-state index contributed by atoms with van der Waals surface area (Å²) in [7, 11) is -3.39. The van der Waals surface area contributed by atoms with Gasteiger partial charge in [-0.3, -0.25) is 4.79 Å². The molecule has 2 rings (SSSR count). The van der Waals surface area contributed by atoms with Crippen LogP contribution in [0.4, 0.5) is 10.1 Å². The lowest BCUT2D eigenvalue weighted by molar-refractivity contribution is -0.138. The molecule has 0 saturated heterocycles. The highest BCUT2D eigenvalue weighted by Gasteiger charge is 2.28. The van der Waals surface area contributed by atoms with Gasteiger partial charge in [-0.15, -0.1) is 0 Å². The number of nitrogens with zero attached hydrogens (tertiary/aromatic N) is 1. The van der Waals surface area contributed by atoms with Gasteiger partial charge in [0.1, 0.15) is 24.6 Å². The fourth-order valence-corrected chi connectivity index (χ4v) is 3.23. The normalized spacial score (nSPS) is 10.5. The topological polar surface area (TPSA) is 98.9 Å². The number of benzene rings is 2. The number of anilines is 1. The third-order valence-electron chi connectivity index (χ3n) is 3.29. The fraction of sp³-hybridized carbons (Fsp3) is 0.278. The quantitative estimate of drug-likeness (QED) is 0.617. The number of methoxy groups -OCH3 is 1. The Morgan fingerprint density at radius 2 is 1.82 bits per heavy atom. The van der Waals surface area contributed by atoms with Gasteiger partial charge in [0.15, 0.2) is 5.82 Å². The summed E-state index contributed by atoms with van der Waals surface area (Å²) in [6.07, 6.45) is 0. The monoisotopic (exact) mass is 476 g/mol. The third-order valence-corrected chi connectivity index (χ3v) is 4.67. The highest BCUT2D eigenvalue weighted by Crippen LogP contribution is 2.36. The molecule has 0 amide bonds. The third kappa shape index (κ3) is 6.77. The number of hydrogen-bond acceptors (Lipinski definition) is 5. The van der Waals surface area contributed by atoms with Crippen LogP contribution in [0.25, 0.3) is 0 Å². The number of carbonyl (C=O) groups excluding carboxylic acids is 1. The average Bonchev–Trinajstić information content (AvgIpc) is 2.66. The molecule has 0 aliphatic carbocycles. The predicted octanol–water partition coefficient (Wildman–Crippen LogP) is 3.38. The van der Waals surface area contributed by atoms with Crippen molar-refractivity contribution in [1.29, 1.82) is 0 Å². The Balaban J connectivity index is 0.00000190. The Kier molecular flexibility index (Phi) is 9.36. The second kappa shape index (κ2) is 11.0. The van der Waals surface area contributed by atoms with Crippen molar-refractivity contribution >= 4 is 37.8 Å². The lowest BCUT2D eigenvalue weighted by atomic mass is 10.2. The highest BCUT2D eigenvalue weighted by molar-refractivity contribution is 9.10. The zero-order valence-electron chi connectivity index (χ0n) is 15.7. The summed E-state index contributed by atoms with van der Waals surface area (Å²) >= 11 is 3.13. The van der Waals surface area contributed by atoms with Crippen LogP contribution in [0.3, 0.4) is 0 Å². The van der Waals surface area contributed by atoms with E-state index in [1.807, 2.05) is 19.9 Å². The summed E-state index contributed by atoms with van der Waals surface area (Å²) < 4.78 is 49.1. The molecule has 0 unspecified atom stereocenters. The number of esters is 1. The van der Waals surface area contributed by atoms with Gasteiger partial charge in [-0.2, -0.15) is 8.42 Å². The largest absolute Gasteiger partial charge is 0.487 e. The summed E-state index contributed by atoms with van der Waals surface area (Å²) in [6.45, 7) is 3.26. The van der Waals surface area contributed by atoms with Crippen molar-refractivity contribution in [2.24, 2.45) is 5.14 Å². The molecule has 7 nitrogen and oxygen atoms in total. The molecular formula is C18H22BrFN2O5S. The number of hydrogen-bond donors (Lipinski definition) is 1. The molecule has 0 bridgehead atoms. The van der Waals surface area contributed by atoms with Crippen molar-refractivity contribution in [3.63, 3.8) is 0 Å². The molecule has 2 aromatic carbocycles. The maximum atomic E-state index is 14.5. The number of rotatable bonds is 7. The molecule has 154 valence electrons. The van der Waals surface area contributed by atoms with Crippen LogP contribution in [0.1, 0.15) is 19.4 Å². The zero-order valence-corrected chi connectivity index (χ0v) is 18.1. The van der Waals surface area contributed by atoms with Crippen molar-refractivity contribution in [2.75, 3.05) is 18.0 Å². The highest BCUT2D eigenvalue weighted by atomic mass is 79.9. The van der Waals surface area contributed by atoms with Crippen molar-refractivity contribution in [3.8, 4) is 5.75 Å². The molecule has 0 fully saturated rings. The van der Waals surface area contributed by atoms with Gasteiger partial charge in [0.2, 0.25) is 0 Å². The van der Waals surface area contributed by atoms with Crippen LogP contribution in [0.5, 0.6) is 5.75 Å². The Morgan fingerprint density at radius 1 is 1.21 bits per heavy atom. The minimum Gasteiger partial charge on any atom is -0.487 e. The van der Waals surface area contributed by atoms with E-state index in [0.717, 1.165) is 18.7 Å².